The van der Waals surface area contributed by atoms with Gasteiger partial charge in [0, 0.05) is 24.4 Å². The van der Waals surface area contributed by atoms with Crippen molar-refractivity contribution in [1.29, 1.82) is 0 Å². The molecule has 3 nitrogen and oxygen atoms in total. The molecule has 20 heavy (non-hydrogen) atoms. The van der Waals surface area contributed by atoms with Gasteiger partial charge in [-0.05, 0) is 37.8 Å². The van der Waals surface area contributed by atoms with Gasteiger partial charge in [0.1, 0.15) is 0 Å². The average molecular weight is 272 g/mol. The molecule has 0 radical (unpaired) electrons. The molecule has 1 heterocycles. The first-order valence-corrected chi connectivity index (χ1v) is 7.90. The van der Waals surface area contributed by atoms with Crippen LogP contribution in [0.15, 0.2) is 30.3 Å². The molecule has 1 aliphatic carbocycles. The van der Waals surface area contributed by atoms with E-state index >= 15 is 0 Å². The first-order valence-electron chi connectivity index (χ1n) is 7.90. The largest absolute Gasteiger partial charge is 0.353 e. The molecule has 3 rings (SSSR count). The standard InChI is InChI=1S/C17H24N2O/c20-17(10-9-14-8-4-5-11-18-14)19-16-12-15(16)13-6-2-1-3-7-13/h1-3,6-7,14-16,18H,4-5,8-12H2,(H,19,20). The number of hydrogen-bond donors (Lipinski definition) is 2. The lowest BCUT2D eigenvalue weighted by atomic mass is 10.0. The highest BCUT2D eigenvalue weighted by molar-refractivity contribution is 5.76. The molecule has 0 aromatic heterocycles. The van der Waals surface area contributed by atoms with Crippen molar-refractivity contribution in [3.8, 4) is 0 Å². The molecule has 2 aliphatic rings. The Morgan fingerprint density at radius 3 is 2.85 bits per heavy atom. The fourth-order valence-corrected chi connectivity index (χ4v) is 3.18. The molecule has 0 bridgehead atoms. The molecule has 1 aromatic carbocycles. The molecular formula is C17H24N2O. The van der Waals surface area contributed by atoms with Crippen molar-refractivity contribution in [2.45, 2.75) is 56.5 Å². The van der Waals surface area contributed by atoms with Gasteiger partial charge in [-0.25, -0.2) is 0 Å². The quantitative estimate of drug-likeness (QED) is 0.865. The van der Waals surface area contributed by atoms with Crippen LogP contribution in [-0.4, -0.2) is 24.5 Å². The van der Waals surface area contributed by atoms with Crippen LogP contribution in [0, 0.1) is 0 Å². The SMILES string of the molecule is O=C(CCC1CCCCN1)NC1CC1c1ccccc1. The van der Waals surface area contributed by atoms with Gasteiger partial charge < -0.3 is 10.6 Å². The summed E-state index contributed by atoms with van der Waals surface area (Å²) in [5.74, 6) is 0.758. The molecule has 1 amide bonds. The highest BCUT2D eigenvalue weighted by atomic mass is 16.1. The van der Waals surface area contributed by atoms with Crippen molar-refractivity contribution in [3.63, 3.8) is 0 Å². The molecule has 2 fully saturated rings. The summed E-state index contributed by atoms with van der Waals surface area (Å²) >= 11 is 0. The lowest BCUT2D eigenvalue weighted by molar-refractivity contribution is -0.121. The van der Waals surface area contributed by atoms with Crippen molar-refractivity contribution < 1.29 is 4.79 Å². The highest BCUT2D eigenvalue weighted by Gasteiger charge is 2.39. The van der Waals surface area contributed by atoms with Crippen LogP contribution in [0.1, 0.15) is 50.0 Å². The minimum Gasteiger partial charge on any atom is -0.353 e. The Morgan fingerprint density at radius 2 is 2.10 bits per heavy atom. The number of nitrogens with one attached hydrogen (secondary N) is 2. The van der Waals surface area contributed by atoms with Crippen LogP contribution < -0.4 is 10.6 Å². The summed E-state index contributed by atoms with van der Waals surface area (Å²) in [6.07, 6.45) is 6.55. The van der Waals surface area contributed by atoms with Gasteiger partial charge in [0.2, 0.25) is 5.91 Å². The molecule has 1 aromatic rings. The number of carbonyl (C=O) groups is 1. The Bertz CT molecular complexity index is 440. The van der Waals surface area contributed by atoms with Gasteiger partial charge in [-0.3, -0.25) is 4.79 Å². The molecule has 1 aliphatic heterocycles. The Labute approximate surface area is 121 Å². The van der Waals surface area contributed by atoms with E-state index in [2.05, 4.69) is 34.9 Å². The van der Waals surface area contributed by atoms with Crippen LogP contribution in [0.2, 0.25) is 0 Å². The second-order valence-corrected chi connectivity index (χ2v) is 6.11. The van der Waals surface area contributed by atoms with Gasteiger partial charge in [-0.15, -0.1) is 0 Å². The van der Waals surface area contributed by atoms with E-state index in [1.165, 1.54) is 24.8 Å². The van der Waals surface area contributed by atoms with Crippen molar-refractivity contribution in [2.75, 3.05) is 6.54 Å². The van der Waals surface area contributed by atoms with E-state index < -0.39 is 0 Å². The maximum atomic E-state index is 12.0. The lowest BCUT2D eigenvalue weighted by Crippen LogP contribution is -2.35. The summed E-state index contributed by atoms with van der Waals surface area (Å²) in [6.45, 7) is 1.12. The molecule has 3 atom stereocenters. The van der Waals surface area contributed by atoms with E-state index in [0.717, 1.165) is 19.4 Å². The second-order valence-electron chi connectivity index (χ2n) is 6.11. The van der Waals surface area contributed by atoms with Crippen LogP contribution in [0.25, 0.3) is 0 Å². The van der Waals surface area contributed by atoms with Crippen LogP contribution in [0.3, 0.4) is 0 Å². The zero-order chi connectivity index (χ0) is 13.8. The second kappa shape index (κ2) is 6.40. The summed E-state index contributed by atoms with van der Waals surface area (Å²) in [5.41, 5.74) is 1.35. The zero-order valence-corrected chi connectivity index (χ0v) is 12.0. The smallest absolute Gasteiger partial charge is 0.220 e. The van der Waals surface area contributed by atoms with Crippen molar-refractivity contribution in [3.05, 3.63) is 35.9 Å². The van der Waals surface area contributed by atoms with Crippen LogP contribution >= 0.6 is 0 Å². The fraction of sp³-hybridized carbons (Fsp3) is 0.588. The molecule has 3 heteroatoms. The van der Waals surface area contributed by atoms with Crippen molar-refractivity contribution in [2.24, 2.45) is 0 Å². The van der Waals surface area contributed by atoms with E-state index in [4.69, 9.17) is 0 Å². The summed E-state index contributed by atoms with van der Waals surface area (Å²) in [5, 5.41) is 6.67. The molecule has 108 valence electrons. The molecule has 2 N–H and O–H groups in total. The van der Waals surface area contributed by atoms with Crippen molar-refractivity contribution >= 4 is 5.91 Å². The fourth-order valence-electron chi connectivity index (χ4n) is 3.18. The zero-order valence-electron chi connectivity index (χ0n) is 12.0. The molecule has 1 saturated carbocycles. The minimum atomic E-state index is 0.223. The third-order valence-corrected chi connectivity index (χ3v) is 4.50. The predicted molar refractivity (Wildman–Crippen MR) is 80.6 cm³/mol. The maximum absolute atomic E-state index is 12.0. The van der Waals surface area contributed by atoms with Gasteiger partial charge in [0.15, 0.2) is 0 Å². The number of hydrogen-bond acceptors (Lipinski definition) is 2. The first kappa shape index (κ1) is 13.6. The predicted octanol–water partition coefficient (Wildman–Crippen LogP) is 2.58. The summed E-state index contributed by atoms with van der Waals surface area (Å²) in [7, 11) is 0. The van der Waals surface area contributed by atoms with Crippen LogP contribution in [-0.2, 0) is 4.79 Å². The van der Waals surface area contributed by atoms with E-state index in [0.29, 0.717) is 24.4 Å². The average Bonchev–Trinajstić information content (AvgIpc) is 3.26. The highest BCUT2D eigenvalue weighted by Crippen LogP contribution is 2.40. The van der Waals surface area contributed by atoms with Gasteiger partial charge in [0.05, 0.1) is 0 Å². The molecule has 1 saturated heterocycles. The van der Waals surface area contributed by atoms with Gasteiger partial charge in [0.25, 0.3) is 0 Å². The van der Waals surface area contributed by atoms with Crippen LogP contribution in [0.5, 0.6) is 0 Å². The molecular weight excluding hydrogens is 248 g/mol. The molecule has 3 unspecified atom stereocenters. The van der Waals surface area contributed by atoms with Gasteiger partial charge in [-0.1, -0.05) is 36.8 Å². The topological polar surface area (TPSA) is 41.1 Å². The van der Waals surface area contributed by atoms with Crippen molar-refractivity contribution in [1.82, 2.24) is 10.6 Å². The number of benzene rings is 1. The number of piperidine rings is 1. The van der Waals surface area contributed by atoms with E-state index in [1.807, 2.05) is 6.07 Å². The van der Waals surface area contributed by atoms with Gasteiger partial charge >= 0.3 is 0 Å². The Hall–Kier alpha value is -1.35. The Morgan fingerprint density at radius 1 is 1.25 bits per heavy atom. The van der Waals surface area contributed by atoms with E-state index in [1.54, 1.807) is 0 Å². The first-order chi connectivity index (χ1) is 9.83. The Balaban J connectivity index is 1.38. The number of rotatable bonds is 5. The maximum Gasteiger partial charge on any atom is 0.220 e. The molecule has 0 spiro atoms. The summed E-state index contributed by atoms with van der Waals surface area (Å²) in [6, 6.07) is 11.4. The normalized spacial score (nSPS) is 28.9. The third kappa shape index (κ3) is 3.60. The number of carbonyl (C=O) groups excluding carboxylic acids is 1. The summed E-state index contributed by atoms with van der Waals surface area (Å²) in [4.78, 5) is 12.0. The minimum absolute atomic E-state index is 0.223. The Kier molecular flexibility index (Phi) is 4.36. The van der Waals surface area contributed by atoms with Crippen LogP contribution in [0.4, 0.5) is 0 Å². The monoisotopic (exact) mass is 272 g/mol. The number of amides is 1. The van der Waals surface area contributed by atoms with Gasteiger partial charge in [-0.2, -0.15) is 0 Å². The lowest BCUT2D eigenvalue weighted by Gasteiger charge is -2.23. The summed E-state index contributed by atoms with van der Waals surface area (Å²) < 4.78 is 0. The van der Waals surface area contributed by atoms with E-state index in [-0.39, 0.29) is 5.91 Å². The third-order valence-electron chi connectivity index (χ3n) is 4.50. The van der Waals surface area contributed by atoms with E-state index in [9.17, 15) is 4.79 Å².